The van der Waals surface area contributed by atoms with Gasteiger partial charge in [-0.1, -0.05) is 6.07 Å². The maximum Gasteiger partial charge on any atom is 0.573 e. The van der Waals surface area contributed by atoms with Crippen LogP contribution in [0.2, 0.25) is 0 Å². The summed E-state index contributed by atoms with van der Waals surface area (Å²) in [6.07, 6.45) is -2.28. The lowest BCUT2D eigenvalue weighted by atomic mass is 10.3. The van der Waals surface area contributed by atoms with Crippen LogP contribution in [0.5, 0.6) is 5.75 Å². The zero-order chi connectivity index (χ0) is 21.8. The summed E-state index contributed by atoms with van der Waals surface area (Å²) in [5.41, 5.74) is 0.304. The number of anilines is 1. The fraction of sp³-hybridized carbons (Fsp3) is 0.111. The van der Waals surface area contributed by atoms with Gasteiger partial charge in [0.1, 0.15) is 11.5 Å². The number of rotatable bonds is 6. The number of hydrogen-bond donors (Lipinski definition) is 2. The van der Waals surface area contributed by atoms with E-state index < -0.39 is 28.0 Å². The molecule has 2 amide bonds. The van der Waals surface area contributed by atoms with Gasteiger partial charge in [0.05, 0.1) is 22.5 Å². The number of alkyl halides is 3. The van der Waals surface area contributed by atoms with Crippen LogP contribution in [0.1, 0.15) is 5.76 Å². The number of urea groups is 1. The van der Waals surface area contributed by atoms with Crippen LogP contribution in [0, 0.1) is 0 Å². The predicted octanol–water partition coefficient (Wildman–Crippen LogP) is 3.73. The highest BCUT2D eigenvalue weighted by atomic mass is 32.2. The lowest BCUT2D eigenvalue weighted by molar-refractivity contribution is -0.274. The molecule has 0 radical (unpaired) electrons. The topological polar surface area (TPSA) is 111 Å². The Morgan fingerprint density at radius 2 is 1.83 bits per heavy atom. The SMILES string of the molecule is O=C(NCc1cnco1)Nc1ccc(S(=O)(=O)c2cccc(OC(F)(F)F)c2)cc1. The third-order valence-electron chi connectivity index (χ3n) is 3.68. The van der Waals surface area contributed by atoms with Crippen molar-refractivity contribution in [1.29, 1.82) is 0 Å². The van der Waals surface area contributed by atoms with Crippen LogP contribution < -0.4 is 15.4 Å². The minimum absolute atomic E-state index is 0.106. The van der Waals surface area contributed by atoms with Crippen LogP contribution in [-0.4, -0.2) is 25.8 Å². The van der Waals surface area contributed by atoms with Crippen molar-refractivity contribution in [3.8, 4) is 5.75 Å². The van der Waals surface area contributed by atoms with Gasteiger partial charge in [-0.2, -0.15) is 0 Å². The number of aromatic nitrogens is 1. The maximum absolute atomic E-state index is 12.7. The molecule has 1 aromatic heterocycles. The first-order chi connectivity index (χ1) is 14.1. The van der Waals surface area contributed by atoms with Crippen LogP contribution in [0.15, 0.2) is 75.3 Å². The molecule has 2 N–H and O–H groups in total. The molecular formula is C18H14F3N3O5S. The van der Waals surface area contributed by atoms with Crippen molar-refractivity contribution in [2.45, 2.75) is 22.7 Å². The largest absolute Gasteiger partial charge is 0.573 e. The Morgan fingerprint density at radius 1 is 1.10 bits per heavy atom. The second-order valence-electron chi connectivity index (χ2n) is 5.83. The second-order valence-corrected chi connectivity index (χ2v) is 7.78. The summed E-state index contributed by atoms with van der Waals surface area (Å²) >= 11 is 0. The monoisotopic (exact) mass is 441 g/mol. The lowest BCUT2D eigenvalue weighted by Crippen LogP contribution is -2.28. The summed E-state index contributed by atoms with van der Waals surface area (Å²) in [6.45, 7) is 0.106. The molecule has 3 aromatic rings. The van der Waals surface area contributed by atoms with E-state index in [1.807, 2.05) is 0 Å². The van der Waals surface area contributed by atoms with E-state index in [9.17, 15) is 26.4 Å². The van der Waals surface area contributed by atoms with Gasteiger partial charge >= 0.3 is 12.4 Å². The summed E-state index contributed by atoms with van der Waals surface area (Å²) < 4.78 is 71.1. The quantitative estimate of drug-likeness (QED) is 0.603. The van der Waals surface area contributed by atoms with E-state index in [0.29, 0.717) is 11.4 Å². The van der Waals surface area contributed by atoms with Gasteiger partial charge in [-0.3, -0.25) is 0 Å². The average molecular weight is 441 g/mol. The first-order valence-electron chi connectivity index (χ1n) is 8.27. The average Bonchev–Trinajstić information content (AvgIpc) is 3.19. The summed E-state index contributed by atoms with van der Waals surface area (Å²) in [7, 11) is -4.10. The van der Waals surface area contributed by atoms with Gasteiger partial charge < -0.3 is 19.8 Å². The van der Waals surface area contributed by atoms with Gasteiger partial charge in [-0.05, 0) is 42.5 Å². The minimum Gasteiger partial charge on any atom is -0.447 e. The van der Waals surface area contributed by atoms with E-state index in [1.54, 1.807) is 0 Å². The molecule has 30 heavy (non-hydrogen) atoms. The molecule has 158 valence electrons. The van der Waals surface area contributed by atoms with Crippen LogP contribution in [0.4, 0.5) is 23.7 Å². The molecule has 8 nitrogen and oxygen atoms in total. The molecule has 3 rings (SSSR count). The number of oxazole rings is 1. The molecule has 12 heteroatoms. The Balaban J connectivity index is 1.69. The van der Waals surface area contributed by atoms with Crippen LogP contribution in [0.25, 0.3) is 0 Å². The molecule has 0 spiro atoms. The highest BCUT2D eigenvalue weighted by Crippen LogP contribution is 2.28. The summed E-state index contributed by atoms with van der Waals surface area (Å²) in [5, 5.41) is 5.03. The fourth-order valence-corrected chi connectivity index (χ4v) is 3.66. The van der Waals surface area contributed by atoms with Crippen molar-refractivity contribution in [2.75, 3.05) is 5.32 Å². The number of hydrogen-bond acceptors (Lipinski definition) is 6. The zero-order valence-corrected chi connectivity index (χ0v) is 15.8. The smallest absolute Gasteiger partial charge is 0.447 e. The van der Waals surface area contributed by atoms with Crippen molar-refractivity contribution in [2.24, 2.45) is 0 Å². The van der Waals surface area contributed by atoms with Crippen molar-refractivity contribution >= 4 is 21.6 Å². The predicted molar refractivity (Wildman–Crippen MR) is 97.4 cm³/mol. The first-order valence-corrected chi connectivity index (χ1v) is 9.75. The molecule has 0 bridgehead atoms. The maximum atomic E-state index is 12.7. The van der Waals surface area contributed by atoms with E-state index in [2.05, 4.69) is 20.4 Å². The molecule has 0 aliphatic rings. The standard InChI is InChI=1S/C18H14F3N3O5S/c19-18(20,21)29-13-2-1-3-16(8-13)30(26,27)15-6-4-12(5-7-15)24-17(25)23-10-14-9-22-11-28-14/h1-9,11H,10H2,(H2,23,24,25). The molecular weight excluding hydrogens is 427 g/mol. The summed E-state index contributed by atoms with van der Waals surface area (Å²) in [6, 6.07) is 8.65. The lowest BCUT2D eigenvalue weighted by Gasteiger charge is -2.11. The zero-order valence-electron chi connectivity index (χ0n) is 15.0. The normalized spacial score (nSPS) is 11.7. The highest BCUT2D eigenvalue weighted by Gasteiger charge is 2.31. The molecule has 0 saturated heterocycles. The molecule has 0 unspecified atom stereocenters. The van der Waals surface area contributed by atoms with Gasteiger partial charge in [0.2, 0.25) is 9.84 Å². The molecule has 0 saturated carbocycles. The number of nitrogens with zero attached hydrogens (tertiary/aromatic N) is 1. The van der Waals surface area contributed by atoms with Crippen molar-refractivity contribution in [3.05, 3.63) is 66.9 Å². The van der Waals surface area contributed by atoms with Crippen LogP contribution in [0.3, 0.4) is 0 Å². The third-order valence-corrected chi connectivity index (χ3v) is 5.45. The van der Waals surface area contributed by atoms with Crippen LogP contribution in [-0.2, 0) is 16.4 Å². The number of amides is 2. The molecule has 1 heterocycles. The number of benzene rings is 2. The highest BCUT2D eigenvalue weighted by molar-refractivity contribution is 7.91. The van der Waals surface area contributed by atoms with E-state index >= 15 is 0 Å². The second kappa shape index (κ2) is 8.45. The molecule has 2 aromatic carbocycles. The molecule has 0 aliphatic heterocycles. The van der Waals surface area contributed by atoms with Crippen molar-refractivity contribution in [1.82, 2.24) is 10.3 Å². The Labute approximate surface area is 168 Å². The van der Waals surface area contributed by atoms with Gasteiger partial charge in [-0.15, -0.1) is 13.2 Å². The number of sulfone groups is 1. The number of carbonyl (C=O) groups excluding carboxylic acids is 1. The van der Waals surface area contributed by atoms with E-state index in [4.69, 9.17) is 4.42 Å². The van der Waals surface area contributed by atoms with Crippen molar-refractivity contribution < 1.29 is 35.5 Å². The van der Waals surface area contributed by atoms with E-state index in [1.165, 1.54) is 36.9 Å². The molecule has 0 aliphatic carbocycles. The fourth-order valence-electron chi connectivity index (χ4n) is 2.36. The van der Waals surface area contributed by atoms with Gasteiger partial charge in [0.25, 0.3) is 0 Å². The van der Waals surface area contributed by atoms with Crippen LogP contribution >= 0.6 is 0 Å². The first kappa shape index (κ1) is 21.2. The number of ether oxygens (including phenoxy) is 1. The van der Waals surface area contributed by atoms with Gasteiger partial charge in [0.15, 0.2) is 6.39 Å². The summed E-state index contributed by atoms with van der Waals surface area (Å²) in [4.78, 5) is 15.0. The number of carbonyl (C=O) groups is 1. The van der Waals surface area contributed by atoms with Gasteiger partial charge in [0, 0.05) is 5.69 Å². The Kier molecular flexibility index (Phi) is 5.96. The van der Waals surface area contributed by atoms with E-state index in [-0.39, 0.29) is 16.3 Å². The summed E-state index contributed by atoms with van der Waals surface area (Å²) in [5.74, 6) is -0.200. The van der Waals surface area contributed by atoms with Crippen molar-refractivity contribution in [3.63, 3.8) is 0 Å². The van der Waals surface area contributed by atoms with E-state index in [0.717, 1.165) is 24.3 Å². The number of nitrogens with one attached hydrogen (secondary N) is 2. The van der Waals surface area contributed by atoms with Gasteiger partial charge in [-0.25, -0.2) is 18.2 Å². The Hall–Kier alpha value is -3.54. The third kappa shape index (κ3) is 5.50. The Morgan fingerprint density at radius 3 is 2.47 bits per heavy atom. The number of halogens is 3. The Bertz CT molecular complexity index is 1110. The molecule has 0 atom stereocenters. The minimum atomic E-state index is -4.94. The molecule has 0 fully saturated rings.